The summed E-state index contributed by atoms with van der Waals surface area (Å²) < 4.78 is 10.1. The summed E-state index contributed by atoms with van der Waals surface area (Å²) in [6, 6.07) is 0. The summed E-state index contributed by atoms with van der Waals surface area (Å²) in [6.45, 7) is 4.15. The van der Waals surface area contributed by atoms with E-state index < -0.39 is 12.8 Å². The number of hydrogen-bond acceptors (Lipinski definition) is 3. The minimum absolute atomic E-state index is 0. The summed E-state index contributed by atoms with van der Waals surface area (Å²) in [5.74, 6) is 0. The van der Waals surface area contributed by atoms with Crippen molar-refractivity contribution in [2.24, 2.45) is 0 Å². The Hall–Kier alpha value is 1.25. The van der Waals surface area contributed by atoms with Crippen LogP contribution in [-0.4, -0.2) is 5.16 Å². The molecule has 0 saturated heterocycles. The molecule has 0 aliphatic heterocycles. The second kappa shape index (κ2) is 5.00. The summed E-state index contributed by atoms with van der Waals surface area (Å²) in [5.41, 5.74) is 0. The fourth-order valence-electron chi connectivity index (χ4n) is 0. The van der Waals surface area contributed by atoms with Crippen molar-refractivity contribution < 1.29 is 47.1 Å². The number of hydrogen-bond donors (Lipinski definition) is 0. The van der Waals surface area contributed by atoms with Crippen molar-refractivity contribution in [1.29, 1.82) is 0 Å². The van der Waals surface area contributed by atoms with E-state index in [1.54, 1.807) is 0 Å². The Kier molecular flexibility index (Phi) is 8.68. The van der Waals surface area contributed by atoms with Crippen LogP contribution in [0, 0.1) is 7.43 Å². The molecule has 0 amide bonds. The van der Waals surface area contributed by atoms with E-state index in [2.05, 4.69) is 0 Å². The Morgan fingerprint density at radius 2 is 1.30 bits per heavy atom. The summed E-state index contributed by atoms with van der Waals surface area (Å²) in [6.07, 6.45) is 0. The maximum absolute atomic E-state index is 10.1. The van der Waals surface area contributed by atoms with Crippen LogP contribution in [-0.2, 0) is 37.3 Å². The van der Waals surface area contributed by atoms with Crippen LogP contribution in [0.3, 0.4) is 0 Å². The Labute approximate surface area is 87.6 Å². The smallest absolute Gasteiger partial charge is 0 e. The zero-order chi connectivity index (χ0) is 7.00. The van der Waals surface area contributed by atoms with Crippen molar-refractivity contribution in [2.75, 3.05) is 0 Å². The summed E-state index contributed by atoms with van der Waals surface area (Å²) in [5, 5.41) is -1.12. The van der Waals surface area contributed by atoms with Crippen LogP contribution in [0.25, 0.3) is 0 Å². The molecule has 0 bridgehead atoms. The standard InChI is InChI=1S/C4H11O3P.CH3.Y/c1-4(2,3)8(5,6)7;;/h1-3H3,(H2,5,6,7);1H3;/q;-1;/p-2. The average molecular weight is 240 g/mol. The van der Waals surface area contributed by atoms with Crippen LogP contribution in [0.4, 0.5) is 0 Å². The van der Waals surface area contributed by atoms with Crippen molar-refractivity contribution >= 4 is 7.60 Å². The Morgan fingerprint density at radius 1 is 1.20 bits per heavy atom. The molecular weight excluding hydrogens is 228 g/mol. The molecule has 5 heteroatoms. The van der Waals surface area contributed by atoms with Gasteiger partial charge in [0.05, 0.1) is 0 Å². The van der Waals surface area contributed by atoms with Crippen molar-refractivity contribution in [1.82, 2.24) is 0 Å². The zero-order valence-corrected chi connectivity index (χ0v) is 10.5. The van der Waals surface area contributed by atoms with E-state index >= 15 is 0 Å². The van der Waals surface area contributed by atoms with Gasteiger partial charge in [0.25, 0.3) is 0 Å². The van der Waals surface area contributed by atoms with Gasteiger partial charge in [-0.15, -0.1) is 0 Å². The quantitative estimate of drug-likeness (QED) is 0.447. The first kappa shape index (κ1) is 17.4. The van der Waals surface area contributed by atoms with Gasteiger partial charge in [-0.2, -0.15) is 0 Å². The molecule has 0 atom stereocenters. The molecule has 0 unspecified atom stereocenters. The molecule has 0 rings (SSSR count). The van der Waals surface area contributed by atoms with Gasteiger partial charge in [-0.25, -0.2) is 0 Å². The molecule has 10 heavy (non-hydrogen) atoms. The maximum atomic E-state index is 10.1. The normalized spacial score (nSPS) is 11.3. The van der Waals surface area contributed by atoms with Gasteiger partial charge in [-0.05, 0) is 5.16 Å². The second-order valence-electron chi connectivity index (χ2n) is 2.67. The van der Waals surface area contributed by atoms with Gasteiger partial charge in [0.1, 0.15) is 0 Å². The van der Waals surface area contributed by atoms with Crippen LogP contribution < -0.4 is 9.79 Å². The van der Waals surface area contributed by atoms with Crippen molar-refractivity contribution in [3.8, 4) is 0 Å². The van der Waals surface area contributed by atoms with E-state index in [4.69, 9.17) is 0 Å². The van der Waals surface area contributed by atoms with E-state index in [0.717, 1.165) is 0 Å². The van der Waals surface area contributed by atoms with Crippen LogP contribution in [0.2, 0.25) is 0 Å². The van der Waals surface area contributed by atoms with Crippen molar-refractivity contribution in [2.45, 2.75) is 25.9 Å². The first-order chi connectivity index (χ1) is 3.25. The number of rotatable bonds is 0. The Bertz CT molecular complexity index is 123. The third-order valence-corrected chi connectivity index (χ3v) is 2.46. The van der Waals surface area contributed by atoms with E-state index in [0.29, 0.717) is 0 Å². The Balaban J connectivity index is -0.000000245. The van der Waals surface area contributed by atoms with Crippen molar-refractivity contribution in [3.05, 3.63) is 7.43 Å². The molecule has 0 aliphatic carbocycles. The molecule has 0 aliphatic rings. The van der Waals surface area contributed by atoms with Gasteiger partial charge >= 0.3 is 0 Å². The summed E-state index contributed by atoms with van der Waals surface area (Å²) in [7, 11) is -4.35. The van der Waals surface area contributed by atoms with E-state index in [-0.39, 0.29) is 40.1 Å². The molecule has 1 radical (unpaired) electrons. The minimum Gasteiger partial charge on any atom is -0.810 e. The average Bonchev–Trinajstić information content (AvgIpc) is 1.25. The predicted molar refractivity (Wildman–Crippen MR) is 33.8 cm³/mol. The van der Waals surface area contributed by atoms with Crippen molar-refractivity contribution in [3.63, 3.8) is 0 Å². The van der Waals surface area contributed by atoms with E-state index in [1.807, 2.05) is 0 Å². The van der Waals surface area contributed by atoms with Gasteiger partial charge in [-0.3, -0.25) is 0 Å². The van der Waals surface area contributed by atoms with Gasteiger partial charge in [-0.1, -0.05) is 28.4 Å². The summed E-state index contributed by atoms with van der Waals surface area (Å²) in [4.78, 5) is 20.2. The monoisotopic (exact) mass is 240 g/mol. The third kappa shape index (κ3) is 6.00. The van der Waals surface area contributed by atoms with Gasteiger partial charge in [0.15, 0.2) is 0 Å². The molecule has 0 saturated carbocycles. The molecule has 0 heterocycles. The molecule has 0 aromatic heterocycles. The van der Waals surface area contributed by atoms with Gasteiger partial charge in [0, 0.05) is 32.7 Å². The first-order valence-corrected chi connectivity index (χ1v) is 3.81. The minimum atomic E-state index is -4.35. The molecule has 61 valence electrons. The first-order valence-electron chi connectivity index (χ1n) is 2.27. The van der Waals surface area contributed by atoms with Gasteiger partial charge < -0.3 is 21.8 Å². The molecule has 0 spiro atoms. The van der Waals surface area contributed by atoms with Crippen LogP contribution >= 0.6 is 7.60 Å². The molecular formula is C5H12O3PY-3. The largest absolute Gasteiger partial charge is 0.810 e. The molecule has 0 aromatic rings. The van der Waals surface area contributed by atoms with Crippen LogP contribution in [0.15, 0.2) is 0 Å². The maximum Gasteiger partial charge on any atom is 0 e. The van der Waals surface area contributed by atoms with E-state index in [1.165, 1.54) is 20.8 Å². The Morgan fingerprint density at radius 3 is 1.30 bits per heavy atom. The van der Waals surface area contributed by atoms with Gasteiger partial charge in [0.2, 0.25) is 0 Å². The molecule has 3 nitrogen and oxygen atoms in total. The molecule has 0 fully saturated rings. The molecule has 0 aromatic carbocycles. The topological polar surface area (TPSA) is 63.2 Å². The third-order valence-electron chi connectivity index (χ3n) is 0.822. The zero-order valence-electron chi connectivity index (χ0n) is 6.75. The summed E-state index contributed by atoms with van der Waals surface area (Å²) >= 11 is 0. The predicted octanol–water partition coefficient (Wildman–Crippen LogP) is 0.146. The fourth-order valence-corrected chi connectivity index (χ4v) is 0. The second-order valence-corrected chi connectivity index (χ2v) is 5.00. The fraction of sp³-hybridized carbons (Fsp3) is 0.800. The molecule has 0 N–H and O–H groups in total. The van der Waals surface area contributed by atoms with Crippen LogP contribution in [0.1, 0.15) is 20.8 Å². The SMILES string of the molecule is CC(C)(C)P(=O)([O-])[O-].[CH3-].[Y]. The van der Waals surface area contributed by atoms with E-state index in [9.17, 15) is 14.4 Å². The van der Waals surface area contributed by atoms with Crippen LogP contribution in [0.5, 0.6) is 0 Å².